The standard InChI is InChI=1S/C24H21BrN2O3/c1-3-15-8-9-21-20(10-15)27-24(30-21)16-6-5-7-19(12-16)26-14-17-11-18(25)13-22(23(17)28)29-4-2/h5-14,28H,3-4H2,1-2H3. The Hall–Kier alpha value is -3.12. The minimum Gasteiger partial charge on any atom is -0.504 e. The van der Waals surface area contributed by atoms with Crippen molar-refractivity contribution in [1.29, 1.82) is 0 Å². The molecule has 4 aromatic rings. The van der Waals surface area contributed by atoms with Crippen LogP contribution in [0.5, 0.6) is 11.5 Å². The molecule has 0 aliphatic carbocycles. The van der Waals surface area contributed by atoms with E-state index in [2.05, 4.69) is 45.0 Å². The normalized spacial score (nSPS) is 11.4. The first-order valence-corrected chi connectivity index (χ1v) is 10.6. The summed E-state index contributed by atoms with van der Waals surface area (Å²) in [6.45, 7) is 4.45. The van der Waals surface area contributed by atoms with Crippen molar-refractivity contribution in [3.63, 3.8) is 0 Å². The molecule has 30 heavy (non-hydrogen) atoms. The van der Waals surface area contributed by atoms with Crippen molar-refractivity contribution in [3.05, 3.63) is 70.2 Å². The van der Waals surface area contributed by atoms with Gasteiger partial charge in [0.1, 0.15) is 5.52 Å². The minimum atomic E-state index is 0.0608. The van der Waals surface area contributed by atoms with Gasteiger partial charge in [0.05, 0.1) is 12.3 Å². The third kappa shape index (κ3) is 4.24. The van der Waals surface area contributed by atoms with E-state index in [-0.39, 0.29) is 5.75 Å². The highest BCUT2D eigenvalue weighted by molar-refractivity contribution is 9.10. The zero-order valence-corrected chi connectivity index (χ0v) is 18.3. The Balaban J connectivity index is 1.64. The van der Waals surface area contributed by atoms with Gasteiger partial charge in [-0.25, -0.2) is 4.98 Å². The Labute approximate surface area is 183 Å². The van der Waals surface area contributed by atoms with Gasteiger partial charge in [0.2, 0.25) is 5.89 Å². The Morgan fingerprint density at radius 1 is 1.13 bits per heavy atom. The molecule has 0 saturated carbocycles. The van der Waals surface area contributed by atoms with Gasteiger partial charge >= 0.3 is 0 Å². The number of phenols is 1. The number of halogens is 1. The number of nitrogens with zero attached hydrogens (tertiary/aromatic N) is 2. The molecule has 152 valence electrons. The fraction of sp³-hybridized carbons (Fsp3) is 0.167. The molecule has 3 aromatic carbocycles. The smallest absolute Gasteiger partial charge is 0.227 e. The number of oxazole rings is 1. The van der Waals surface area contributed by atoms with Crippen LogP contribution in [0.3, 0.4) is 0 Å². The quantitative estimate of drug-likeness (QED) is 0.323. The fourth-order valence-corrected chi connectivity index (χ4v) is 3.59. The average molecular weight is 465 g/mol. The molecule has 0 amide bonds. The molecule has 4 rings (SSSR count). The number of hydrogen-bond donors (Lipinski definition) is 1. The van der Waals surface area contributed by atoms with Crippen LogP contribution in [0.15, 0.2) is 68.5 Å². The van der Waals surface area contributed by atoms with Crippen molar-refractivity contribution in [2.75, 3.05) is 6.61 Å². The number of benzene rings is 3. The minimum absolute atomic E-state index is 0.0608. The molecule has 0 atom stereocenters. The summed E-state index contributed by atoms with van der Waals surface area (Å²) < 4.78 is 12.2. The van der Waals surface area contributed by atoms with Crippen molar-refractivity contribution < 1.29 is 14.3 Å². The zero-order chi connectivity index (χ0) is 21.1. The average Bonchev–Trinajstić information content (AvgIpc) is 3.18. The lowest BCUT2D eigenvalue weighted by Crippen LogP contribution is -1.94. The van der Waals surface area contributed by atoms with E-state index < -0.39 is 0 Å². The second-order valence-corrected chi connectivity index (χ2v) is 7.67. The Kier molecular flexibility index (Phi) is 5.86. The highest BCUT2D eigenvalue weighted by atomic mass is 79.9. The van der Waals surface area contributed by atoms with Crippen LogP contribution in [-0.4, -0.2) is 22.9 Å². The van der Waals surface area contributed by atoms with Crippen LogP contribution in [0.2, 0.25) is 0 Å². The van der Waals surface area contributed by atoms with Gasteiger partial charge in [0.15, 0.2) is 17.1 Å². The largest absolute Gasteiger partial charge is 0.504 e. The molecule has 6 heteroatoms. The third-order valence-electron chi connectivity index (χ3n) is 4.68. The maximum absolute atomic E-state index is 10.4. The van der Waals surface area contributed by atoms with E-state index in [1.54, 1.807) is 18.3 Å². The van der Waals surface area contributed by atoms with E-state index >= 15 is 0 Å². The molecular formula is C24H21BrN2O3. The number of fused-ring (bicyclic) bond motifs is 1. The monoisotopic (exact) mass is 464 g/mol. The number of ether oxygens (including phenoxy) is 1. The second kappa shape index (κ2) is 8.71. The lowest BCUT2D eigenvalue weighted by molar-refractivity contribution is 0.317. The third-order valence-corrected chi connectivity index (χ3v) is 5.13. The predicted octanol–water partition coefficient (Wildman–Crippen LogP) is 6.67. The topological polar surface area (TPSA) is 67.9 Å². The van der Waals surface area contributed by atoms with Crippen LogP contribution in [0.25, 0.3) is 22.6 Å². The first-order valence-electron chi connectivity index (χ1n) is 9.76. The number of phenolic OH excluding ortho intramolecular Hbond substituents is 1. The highest BCUT2D eigenvalue weighted by Crippen LogP contribution is 2.33. The van der Waals surface area contributed by atoms with Gasteiger partial charge in [-0.3, -0.25) is 4.99 Å². The molecule has 0 aliphatic heterocycles. The van der Waals surface area contributed by atoms with E-state index in [0.29, 0.717) is 23.8 Å². The van der Waals surface area contributed by atoms with E-state index in [1.807, 2.05) is 37.3 Å². The molecular weight excluding hydrogens is 444 g/mol. The van der Waals surface area contributed by atoms with Crippen molar-refractivity contribution in [2.24, 2.45) is 4.99 Å². The van der Waals surface area contributed by atoms with Gasteiger partial charge < -0.3 is 14.3 Å². The number of aryl methyl sites for hydroxylation is 1. The summed E-state index contributed by atoms with van der Waals surface area (Å²) >= 11 is 3.44. The first-order chi connectivity index (χ1) is 14.6. The Morgan fingerprint density at radius 3 is 2.80 bits per heavy atom. The maximum atomic E-state index is 10.4. The van der Waals surface area contributed by atoms with Crippen LogP contribution >= 0.6 is 15.9 Å². The molecule has 0 aliphatic rings. The number of aliphatic imine (C=N–C) groups is 1. The lowest BCUT2D eigenvalue weighted by Gasteiger charge is -2.08. The Morgan fingerprint density at radius 2 is 2.00 bits per heavy atom. The van der Waals surface area contributed by atoms with E-state index in [9.17, 15) is 5.11 Å². The highest BCUT2D eigenvalue weighted by Gasteiger charge is 2.11. The molecule has 5 nitrogen and oxygen atoms in total. The van der Waals surface area contributed by atoms with Crippen LogP contribution in [0.1, 0.15) is 25.0 Å². The van der Waals surface area contributed by atoms with Gasteiger partial charge in [-0.2, -0.15) is 0 Å². The van der Waals surface area contributed by atoms with Crippen LogP contribution in [0.4, 0.5) is 5.69 Å². The molecule has 0 saturated heterocycles. The van der Waals surface area contributed by atoms with E-state index in [0.717, 1.165) is 33.2 Å². The van der Waals surface area contributed by atoms with Crippen LogP contribution in [0, 0.1) is 0 Å². The summed E-state index contributed by atoms with van der Waals surface area (Å²) in [6, 6.07) is 17.2. The zero-order valence-electron chi connectivity index (χ0n) is 16.7. The van der Waals surface area contributed by atoms with Crippen LogP contribution in [-0.2, 0) is 6.42 Å². The molecule has 1 aromatic heterocycles. The summed E-state index contributed by atoms with van der Waals surface area (Å²) in [5, 5.41) is 10.4. The number of rotatable bonds is 6. The van der Waals surface area contributed by atoms with Crippen LogP contribution < -0.4 is 4.74 Å². The van der Waals surface area contributed by atoms with Crippen molar-refractivity contribution in [2.45, 2.75) is 20.3 Å². The van der Waals surface area contributed by atoms with Crippen molar-refractivity contribution >= 4 is 38.9 Å². The second-order valence-electron chi connectivity index (χ2n) is 6.76. The summed E-state index contributed by atoms with van der Waals surface area (Å²) in [5.41, 5.74) is 4.96. The lowest BCUT2D eigenvalue weighted by atomic mass is 10.1. The summed E-state index contributed by atoms with van der Waals surface area (Å²) in [6.07, 6.45) is 2.57. The summed E-state index contributed by atoms with van der Waals surface area (Å²) in [5.74, 6) is 1.03. The molecule has 0 unspecified atom stereocenters. The fourth-order valence-electron chi connectivity index (χ4n) is 3.14. The maximum Gasteiger partial charge on any atom is 0.227 e. The Bertz CT molecular complexity index is 1230. The summed E-state index contributed by atoms with van der Waals surface area (Å²) in [4.78, 5) is 9.14. The van der Waals surface area contributed by atoms with Crippen molar-refractivity contribution in [3.8, 4) is 23.0 Å². The first kappa shape index (κ1) is 20.2. The number of aromatic nitrogens is 1. The molecule has 1 heterocycles. The molecule has 1 N–H and O–H groups in total. The number of hydrogen-bond acceptors (Lipinski definition) is 5. The molecule has 0 spiro atoms. The van der Waals surface area contributed by atoms with Gasteiger partial charge in [0.25, 0.3) is 0 Å². The molecule has 0 bridgehead atoms. The predicted molar refractivity (Wildman–Crippen MR) is 123 cm³/mol. The van der Waals surface area contributed by atoms with Gasteiger partial charge in [-0.05, 0) is 61.4 Å². The van der Waals surface area contributed by atoms with Gasteiger partial charge in [-0.1, -0.05) is 35.0 Å². The molecule has 0 fully saturated rings. The molecule has 0 radical (unpaired) electrons. The van der Waals surface area contributed by atoms with Gasteiger partial charge in [0, 0.05) is 21.8 Å². The number of aromatic hydroxyl groups is 1. The van der Waals surface area contributed by atoms with E-state index in [4.69, 9.17) is 9.15 Å². The van der Waals surface area contributed by atoms with E-state index in [1.165, 1.54) is 5.56 Å². The van der Waals surface area contributed by atoms with Gasteiger partial charge in [-0.15, -0.1) is 0 Å². The summed E-state index contributed by atoms with van der Waals surface area (Å²) in [7, 11) is 0. The SMILES string of the molecule is CCOc1cc(Br)cc(C=Nc2cccc(-c3nc4cc(CC)ccc4o3)c2)c1O. The van der Waals surface area contributed by atoms with Crippen molar-refractivity contribution in [1.82, 2.24) is 4.98 Å².